The lowest BCUT2D eigenvalue weighted by molar-refractivity contribution is 0.385. The minimum atomic E-state index is -3.91. The molecule has 2 rings (SSSR count). The Morgan fingerprint density at radius 2 is 1.77 bits per heavy atom. The number of hydrogen-bond acceptors (Lipinski definition) is 4. The van der Waals surface area contributed by atoms with Gasteiger partial charge in [0.2, 0.25) is 0 Å². The predicted molar refractivity (Wildman–Crippen MR) is 76.8 cm³/mol. The highest BCUT2D eigenvalue weighted by molar-refractivity contribution is 7.93. The molecular formula is C13H16F3N3O2S. The van der Waals surface area contributed by atoms with Crippen molar-refractivity contribution in [1.29, 1.82) is 5.41 Å². The molecule has 0 aromatic heterocycles. The van der Waals surface area contributed by atoms with Crippen LogP contribution < -0.4 is 11.1 Å². The molecule has 5 nitrogen and oxygen atoms in total. The van der Waals surface area contributed by atoms with Crippen molar-refractivity contribution in [2.24, 2.45) is 0 Å². The molecule has 0 spiro atoms. The first-order valence-corrected chi connectivity index (χ1v) is 8.01. The quantitative estimate of drug-likeness (QED) is 0.537. The molecule has 4 N–H and O–H groups in total. The Morgan fingerprint density at radius 1 is 1.23 bits per heavy atom. The molecule has 1 aromatic rings. The van der Waals surface area contributed by atoms with Gasteiger partial charge in [-0.1, -0.05) is 0 Å². The number of amidine groups is 1. The maximum absolute atomic E-state index is 14.2. The van der Waals surface area contributed by atoms with E-state index in [1.54, 1.807) is 0 Å². The van der Waals surface area contributed by atoms with Crippen LogP contribution in [0.25, 0.3) is 0 Å². The molecule has 0 amide bonds. The van der Waals surface area contributed by atoms with Crippen LogP contribution in [0.4, 0.5) is 18.9 Å². The zero-order valence-corrected chi connectivity index (χ0v) is 13.0. The first-order chi connectivity index (χ1) is 9.83. The standard InChI is InChI=1S/C13H16F3N3O2S/c1-12(2)11(18)19-13(3,5-22(12,20)21)8-9(15)6(14)4-7(17)10(8)16/h4H,5,17H2,1-3H3,(H2,18,19)/t13-/m0/s1. The van der Waals surface area contributed by atoms with Gasteiger partial charge in [-0.3, -0.25) is 5.41 Å². The van der Waals surface area contributed by atoms with Crippen LogP contribution in [0.15, 0.2) is 6.07 Å². The van der Waals surface area contributed by atoms with Crippen molar-refractivity contribution in [3.8, 4) is 0 Å². The molecule has 22 heavy (non-hydrogen) atoms. The van der Waals surface area contributed by atoms with Crippen LogP contribution in [0.1, 0.15) is 26.3 Å². The Hall–Kier alpha value is -1.77. The van der Waals surface area contributed by atoms with E-state index < -0.39 is 60.4 Å². The molecular weight excluding hydrogens is 319 g/mol. The average molecular weight is 335 g/mol. The lowest BCUT2D eigenvalue weighted by Gasteiger charge is -2.43. The predicted octanol–water partition coefficient (Wildman–Crippen LogP) is 1.68. The molecule has 0 bridgehead atoms. The zero-order chi connectivity index (χ0) is 17.1. The second-order valence-electron chi connectivity index (χ2n) is 6.05. The van der Waals surface area contributed by atoms with Crippen LogP contribution in [-0.4, -0.2) is 24.8 Å². The van der Waals surface area contributed by atoms with Gasteiger partial charge in [0.1, 0.15) is 10.6 Å². The Kier molecular flexibility index (Phi) is 3.48. The lowest BCUT2D eigenvalue weighted by atomic mass is 9.90. The summed E-state index contributed by atoms with van der Waals surface area (Å²) in [5, 5.41) is 10.3. The van der Waals surface area contributed by atoms with Crippen LogP contribution >= 0.6 is 0 Å². The van der Waals surface area contributed by atoms with E-state index in [1.165, 1.54) is 20.8 Å². The molecule has 1 saturated heterocycles. The SMILES string of the molecule is CC1(C)C(=N)N[C@](C)(c2c(F)c(N)cc(F)c2F)CS1(=O)=O. The maximum Gasteiger partial charge on any atom is 0.167 e. The van der Waals surface area contributed by atoms with E-state index in [9.17, 15) is 21.6 Å². The van der Waals surface area contributed by atoms with Gasteiger partial charge < -0.3 is 11.1 Å². The average Bonchev–Trinajstić information content (AvgIpc) is 2.34. The lowest BCUT2D eigenvalue weighted by Crippen LogP contribution is -2.64. The summed E-state index contributed by atoms with van der Waals surface area (Å²) in [5.74, 6) is -5.28. The zero-order valence-electron chi connectivity index (χ0n) is 12.2. The first-order valence-electron chi connectivity index (χ1n) is 6.36. The summed E-state index contributed by atoms with van der Waals surface area (Å²) in [6.45, 7) is 3.81. The third-order valence-electron chi connectivity index (χ3n) is 4.00. The Morgan fingerprint density at radius 3 is 2.27 bits per heavy atom. The van der Waals surface area contributed by atoms with Gasteiger partial charge in [0, 0.05) is 6.07 Å². The molecule has 0 aliphatic carbocycles. The van der Waals surface area contributed by atoms with Crippen molar-refractivity contribution in [1.82, 2.24) is 5.32 Å². The van der Waals surface area contributed by atoms with Gasteiger partial charge in [0.25, 0.3) is 0 Å². The highest BCUT2D eigenvalue weighted by atomic mass is 32.2. The fraction of sp³-hybridized carbons (Fsp3) is 0.462. The van der Waals surface area contributed by atoms with Crippen LogP contribution in [0.5, 0.6) is 0 Å². The summed E-state index contributed by atoms with van der Waals surface area (Å²) >= 11 is 0. The summed E-state index contributed by atoms with van der Waals surface area (Å²) in [7, 11) is -3.91. The molecule has 122 valence electrons. The minimum Gasteiger partial charge on any atom is -0.396 e. The smallest absolute Gasteiger partial charge is 0.167 e. The second-order valence-corrected chi connectivity index (χ2v) is 8.59. The Balaban J connectivity index is 2.71. The topological polar surface area (TPSA) is 96.0 Å². The largest absolute Gasteiger partial charge is 0.396 e. The maximum atomic E-state index is 14.2. The van der Waals surface area contributed by atoms with E-state index in [0.717, 1.165) is 0 Å². The third kappa shape index (κ3) is 2.15. The van der Waals surface area contributed by atoms with Crippen molar-refractivity contribution in [2.75, 3.05) is 11.5 Å². The number of nitrogens with two attached hydrogens (primary N) is 1. The molecule has 1 fully saturated rings. The summed E-state index contributed by atoms with van der Waals surface area (Å²) in [4.78, 5) is 0. The van der Waals surface area contributed by atoms with Crippen molar-refractivity contribution in [3.63, 3.8) is 0 Å². The number of hydrogen-bond donors (Lipinski definition) is 3. The van der Waals surface area contributed by atoms with E-state index in [2.05, 4.69) is 5.32 Å². The molecule has 0 radical (unpaired) electrons. The third-order valence-corrected chi connectivity index (χ3v) is 6.71. The summed E-state index contributed by atoms with van der Waals surface area (Å²) in [6.07, 6.45) is 0. The van der Waals surface area contributed by atoms with E-state index in [-0.39, 0.29) is 0 Å². The highest BCUT2D eigenvalue weighted by Gasteiger charge is 2.52. The molecule has 9 heteroatoms. The monoisotopic (exact) mass is 335 g/mol. The number of halogens is 3. The summed E-state index contributed by atoms with van der Waals surface area (Å²) in [6, 6.07) is 0.490. The van der Waals surface area contributed by atoms with Gasteiger partial charge >= 0.3 is 0 Å². The molecule has 1 aromatic carbocycles. The van der Waals surface area contributed by atoms with E-state index >= 15 is 0 Å². The molecule has 1 aliphatic rings. The van der Waals surface area contributed by atoms with Crippen molar-refractivity contribution in [2.45, 2.75) is 31.1 Å². The molecule has 1 aliphatic heterocycles. The number of nitrogens with one attached hydrogen (secondary N) is 2. The van der Waals surface area contributed by atoms with Gasteiger partial charge in [-0.2, -0.15) is 0 Å². The first kappa shape index (κ1) is 16.6. The Bertz CT molecular complexity index is 751. The van der Waals surface area contributed by atoms with Crippen LogP contribution in [-0.2, 0) is 15.4 Å². The number of anilines is 1. The summed E-state index contributed by atoms with van der Waals surface area (Å²) in [5.41, 5.74) is 2.00. The molecule has 0 unspecified atom stereocenters. The summed E-state index contributed by atoms with van der Waals surface area (Å²) < 4.78 is 65.0. The molecule has 1 heterocycles. The van der Waals surface area contributed by atoms with Crippen LogP contribution in [0.2, 0.25) is 0 Å². The fourth-order valence-electron chi connectivity index (χ4n) is 2.42. The van der Waals surface area contributed by atoms with Crippen LogP contribution in [0.3, 0.4) is 0 Å². The Labute approximate surface area is 126 Å². The van der Waals surface area contributed by atoms with Crippen LogP contribution in [0, 0.1) is 22.9 Å². The van der Waals surface area contributed by atoms with Gasteiger partial charge in [-0.05, 0) is 20.8 Å². The number of nitrogen functional groups attached to an aromatic ring is 1. The molecule has 0 saturated carbocycles. The van der Waals surface area contributed by atoms with Gasteiger partial charge in [0.15, 0.2) is 27.3 Å². The highest BCUT2D eigenvalue weighted by Crippen LogP contribution is 2.38. The van der Waals surface area contributed by atoms with E-state index in [4.69, 9.17) is 11.1 Å². The van der Waals surface area contributed by atoms with E-state index in [1.807, 2.05) is 0 Å². The minimum absolute atomic E-state index is 0.428. The van der Waals surface area contributed by atoms with Crippen molar-refractivity contribution in [3.05, 3.63) is 29.1 Å². The fourth-order valence-corrected chi connectivity index (χ4v) is 4.12. The number of benzene rings is 1. The van der Waals surface area contributed by atoms with Gasteiger partial charge in [-0.15, -0.1) is 0 Å². The van der Waals surface area contributed by atoms with E-state index in [0.29, 0.717) is 6.07 Å². The van der Waals surface area contributed by atoms with Crippen molar-refractivity contribution < 1.29 is 21.6 Å². The normalized spacial score (nSPS) is 26.5. The van der Waals surface area contributed by atoms with Gasteiger partial charge in [0.05, 0.1) is 22.5 Å². The van der Waals surface area contributed by atoms with Crippen molar-refractivity contribution >= 4 is 21.4 Å². The van der Waals surface area contributed by atoms with Gasteiger partial charge in [-0.25, -0.2) is 21.6 Å². The number of sulfone groups is 1. The second kappa shape index (κ2) is 4.61. The molecule has 1 atom stereocenters. The number of rotatable bonds is 1.